The zero-order chi connectivity index (χ0) is 23.4. The second-order valence-electron chi connectivity index (χ2n) is 8.30. The molecule has 3 aromatic rings. The first kappa shape index (κ1) is 22.3. The van der Waals surface area contributed by atoms with Crippen molar-refractivity contribution in [2.75, 3.05) is 0 Å². The van der Waals surface area contributed by atoms with E-state index >= 15 is 0 Å². The molecular weight excluding hydrogens is 414 g/mol. The molecule has 6 heteroatoms. The summed E-state index contributed by atoms with van der Waals surface area (Å²) in [5.74, 6) is -1.59. The average molecular weight is 442 g/mol. The Bertz CT molecular complexity index is 1130. The van der Waals surface area contributed by atoms with Crippen LogP contribution in [-0.4, -0.2) is 23.8 Å². The summed E-state index contributed by atoms with van der Waals surface area (Å²) in [6.45, 7) is 1.89. The van der Waals surface area contributed by atoms with Crippen molar-refractivity contribution < 1.29 is 14.4 Å². The number of nitrogens with one attached hydrogen (secondary N) is 2. The van der Waals surface area contributed by atoms with Crippen LogP contribution in [0.3, 0.4) is 0 Å². The zero-order valence-corrected chi connectivity index (χ0v) is 18.5. The van der Waals surface area contributed by atoms with Crippen LogP contribution in [0.2, 0.25) is 0 Å². The average Bonchev–Trinajstić information content (AvgIpc) is 3.16. The molecule has 4 rings (SSSR count). The Hall–Kier alpha value is -3.93. The summed E-state index contributed by atoms with van der Waals surface area (Å²) < 4.78 is 0. The van der Waals surface area contributed by atoms with Crippen LogP contribution in [0, 0.1) is 0 Å². The maximum absolute atomic E-state index is 12.7. The molecule has 0 unspecified atom stereocenters. The highest BCUT2D eigenvalue weighted by Crippen LogP contribution is 2.46. The SMILES string of the molecule is C[C@@H](NC(=O)CCC(=O)N[C@H](C(N)=O)C1c2ccccc2-c2ccccc21)c1ccccc1. The number of amides is 3. The normalized spacial score (nSPS) is 14.0. The summed E-state index contributed by atoms with van der Waals surface area (Å²) in [5.41, 5.74) is 10.7. The van der Waals surface area contributed by atoms with E-state index < -0.39 is 11.9 Å². The molecule has 3 aromatic carbocycles. The molecule has 4 N–H and O–H groups in total. The first-order valence-electron chi connectivity index (χ1n) is 11.1. The number of hydrogen-bond acceptors (Lipinski definition) is 3. The van der Waals surface area contributed by atoms with Crippen molar-refractivity contribution in [2.45, 2.75) is 37.8 Å². The van der Waals surface area contributed by atoms with Gasteiger partial charge in [-0.25, -0.2) is 0 Å². The van der Waals surface area contributed by atoms with E-state index in [2.05, 4.69) is 10.6 Å². The minimum atomic E-state index is -0.909. The topological polar surface area (TPSA) is 101 Å². The monoisotopic (exact) mass is 441 g/mol. The van der Waals surface area contributed by atoms with Gasteiger partial charge in [-0.3, -0.25) is 14.4 Å². The standard InChI is InChI=1S/C27H27N3O3/c1-17(18-9-3-2-4-10-18)29-23(31)15-16-24(32)30-26(27(28)33)25-21-13-7-5-11-19(21)20-12-6-8-14-22(20)25/h2-14,17,25-26H,15-16H2,1H3,(H2,28,33)(H,29,31)(H,30,32)/t17-,26+/m1/s1. The van der Waals surface area contributed by atoms with E-state index in [1.165, 1.54) is 0 Å². The summed E-state index contributed by atoms with van der Waals surface area (Å²) in [5, 5.41) is 5.69. The summed E-state index contributed by atoms with van der Waals surface area (Å²) >= 11 is 0. The van der Waals surface area contributed by atoms with Gasteiger partial charge >= 0.3 is 0 Å². The van der Waals surface area contributed by atoms with Crippen molar-refractivity contribution in [2.24, 2.45) is 5.73 Å². The Labute approximate surface area is 193 Å². The number of fused-ring (bicyclic) bond motifs is 3. The zero-order valence-electron chi connectivity index (χ0n) is 18.5. The maximum atomic E-state index is 12.7. The number of primary amides is 1. The lowest BCUT2D eigenvalue weighted by atomic mass is 9.88. The summed E-state index contributed by atoms with van der Waals surface area (Å²) in [7, 11) is 0. The molecule has 1 aliphatic rings. The molecule has 0 fully saturated rings. The molecule has 0 radical (unpaired) electrons. The fraction of sp³-hybridized carbons (Fsp3) is 0.222. The van der Waals surface area contributed by atoms with Crippen LogP contribution in [0.15, 0.2) is 78.9 Å². The molecule has 3 amide bonds. The largest absolute Gasteiger partial charge is 0.368 e. The number of carbonyl (C=O) groups excluding carboxylic acids is 3. The van der Waals surface area contributed by atoms with Crippen LogP contribution in [0.1, 0.15) is 48.4 Å². The molecular formula is C27H27N3O3. The Morgan fingerprint density at radius 3 is 1.79 bits per heavy atom. The first-order chi connectivity index (χ1) is 16.0. The minimum absolute atomic E-state index is 0.0202. The molecule has 0 saturated carbocycles. The molecule has 0 saturated heterocycles. The highest BCUT2D eigenvalue weighted by Gasteiger charge is 2.37. The third-order valence-electron chi connectivity index (χ3n) is 6.09. The van der Waals surface area contributed by atoms with Gasteiger partial charge in [0.25, 0.3) is 0 Å². The van der Waals surface area contributed by atoms with E-state index in [0.29, 0.717) is 0 Å². The highest BCUT2D eigenvalue weighted by molar-refractivity contribution is 5.92. The lowest BCUT2D eigenvalue weighted by Gasteiger charge is -2.24. The molecule has 0 bridgehead atoms. The van der Waals surface area contributed by atoms with E-state index in [9.17, 15) is 14.4 Å². The van der Waals surface area contributed by atoms with E-state index in [4.69, 9.17) is 5.73 Å². The molecule has 168 valence electrons. The maximum Gasteiger partial charge on any atom is 0.240 e. The number of hydrogen-bond donors (Lipinski definition) is 3. The molecule has 1 aliphatic carbocycles. The number of nitrogens with two attached hydrogens (primary N) is 1. The van der Waals surface area contributed by atoms with Crippen molar-refractivity contribution >= 4 is 17.7 Å². The third-order valence-corrected chi connectivity index (χ3v) is 6.09. The minimum Gasteiger partial charge on any atom is -0.368 e. The van der Waals surface area contributed by atoms with Gasteiger partial charge in [0.1, 0.15) is 6.04 Å². The smallest absolute Gasteiger partial charge is 0.240 e. The van der Waals surface area contributed by atoms with Crippen molar-refractivity contribution in [3.63, 3.8) is 0 Å². The number of rotatable bonds is 8. The summed E-state index contributed by atoms with van der Waals surface area (Å²) in [6.07, 6.45) is -0.0144. The van der Waals surface area contributed by atoms with Crippen molar-refractivity contribution in [1.29, 1.82) is 0 Å². The molecule has 33 heavy (non-hydrogen) atoms. The lowest BCUT2D eigenvalue weighted by Crippen LogP contribution is -2.48. The van der Waals surface area contributed by atoms with Gasteiger partial charge in [-0.1, -0.05) is 78.9 Å². The second kappa shape index (κ2) is 9.69. The van der Waals surface area contributed by atoms with Crippen molar-refractivity contribution in [3.8, 4) is 11.1 Å². The molecule has 0 aliphatic heterocycles. The van der Waals surface area contributed by atoms with E-state index in [1.54, 1.807) is 0 Å². The number of benzene rings is 3. The van der Waals surface area contributed by atoms with Gasteiger partial charge in [0.15, 0.2) is 0 Å². The second-order valence-corrected chi connectivity index (χ2v) is 8.30. The van der Waals surface area contributed by atoms with Gasteiger partial charge < -0.3 is 16.4 Å². The molecule has 0 aromatic heterocycles. The predicted octanol–water partition coefficient (Wildman–Crippen LogP) is 3.43. The fourth-order valence-corrected chi connectivity index (χ4v) is 4.48. The van der Waals surface area contributed by atoms with Gasteiger partial charge in [0, 0.05) is 18.8 Å². The van der Waals surface area contributed by atoms with E-state index in [1.807, 2.05) is 85.8 Å². The predicted molar refractivity (Wildman–Crippen MR) is 127 cm³/mol. The van der Waals surface area contributed by atoms with Crippen LogP contribution in [0.25, 0.3) is 11.1 Å². The first-order valence-corrected chi connectivity index (χ1v) is 11.1. The summed E-state index contributed by atoms with van der Waals surface area (Å²) in [6, 6.07) is 24.2. The lowest BCUT2D eigenvalue weighted by molar-refractivity contribution is -0.129. The molecule has 6 nitrogen and oxygen atoms in total. The van der Waals surface area contributed by atoms with Crippen molar-refractivity contribution in [1.82, 2.24) is 10.6 Å². The van der Waals surface area contributed by atoms with Crippen LogP contribution in [-0.2, 0) is 14.4 Å². The quantitative estimate of drug-likeness (QED) is 0.499. The molecule has 0 heterocycles. The Morgan fingerprint density at radius 1 is 0.758 bits per heavy atom. The molecule has 2 atom stereocenters. The van der Waals surface area contributed by atoms with Gasteiger partial charge in [-0.15, -0.1) is 0 Å². The number of carbonyl (C=O) groups is 3. The van der Waals surface area contributed by atoms with Gasteiger partial charge in [-0.2, -0.15) is 0 Å². The Kier molecular flexibility index (Phi) is 6.54. The van der Waals surface area contributed by atoms with E-state index in [0.717, 1.165) is 27.8 Å². The van der Waals surface area contributed by atoms with Crippen molar-refractivity contribution in [3.05, 3.63) is 95.6 Å². The van der Waals surface area contributed by atoms with Crippen LogP contribution >= 0.6 is 0 Å². The van der Waals surface area contributed by atoms with Crippen LogP contribution < -0.4 is 16.4 Å². The Balaban J connectivity index is 1.42. The fourth-order valence-electron chi connectivity index (χ4n) is 4.48. The Morgan fingerprint density at radius 2 is 1.24 bits per heavy atom. The van der Waals surface area contributed by atoms with Gasteiger partial charge in [0.2, 0.25) is 17.7 Å². The van der Waals surface area contributed by atoms with Crippen LogP contribution in [0.4, 0.5) is 0 Å². The van der Waals surface area contributed by atoms with Gasteiger partial charge in [-0.05, 0) is 34.7 Å². The summed E-state index contributed by atoms with van der Waals surface area (Å²) in [4.78, 5) is 37.5. The molecule has 0 spiro atoms. The van der Waals surface area contributed by atoms with E-state index in [-0.39, 0.29) is 36.6 Å². The van der Waals surface area contributed by atoms with Crippen LogP contribution in [0.5, 0.6) is 0 Å². The third kappa shape index (κ3) is 4.80. The highest BCUT2D eigenvalue weighted by atomic mass is 16.2. The van der Waals surface area contributed by atoms with Gasteiger partial charge in [0.05, 0.1) is 6.04 Å².